The summed E-state index contributed by atoms with van der Waals surface area (Å²) in [5, 5.41) is 11.9. The second-order valence-electron chi connectivity index (χ2n) is 3.95. The highest BCUT2D eigenvalue weighted by molar-refractivity contribution is 5.87. The minimum atomic E-state index is -0.802. The number of piperidine rings is 1. The molecule has 2 aliphatic rings. The average molecular weight is 195 g/mol. The van der Waals surface area contributed by atoms with E-state index in [0.717, 1.165) is 12.8 Å². The summed E-state index contributed by atoms with van der Waals surface area (Å²) in [5.41, 5.74) is -0.181. The maximum atomic E-state index is 11.2. The molecule has 0 aromatic carbocycles. The first-order valence-electron chi connectivity index (χ1n) is 4.89. The molecule has 0 unspecified atom stereocenters. The van der Waals surface area contributed by atoms with Crippen LogP contribution in [0.1, 0.15) is 32.1 Å². The number of amides is 1. The number of nitrogens with one attached hydrogen (secondary N) is 1. The Bertz CT molecular complexity index is 321. The summed E-state index contributed by atoms with van der Waals surface area (Å²) in [4.78, 5) is 22.4. The molecule has 1 aliphatic carbocycles. The predicted octanol–water partition coefficient (Wildman–Crippen LogP) is 1.04. The van der Waals surface area contributed by atoms with E-state index >= 15 is 0 Å². The maximum absolute atomic E-state index is 11.2. The second-order valence-corrected chi connectivity index (χ2v) is 3.95. The van der Waals surface area contributed by atoms with Crippen molar-refractivity contribution >= 4 is 11.9 Å². The van der Waals surface area contributed by atoms with Gasteiger partial charge in [0.1, 0.15) is 5.41 Å². The van der Waals surface area contributed by atoms with Gasteiger partial charge in [0, 0.05) is 12.1 Å². The van der Waals surface area contributed by atoms with E-state index in [4.69, 9.17) is 0 Å². The molecule has 1 atom stereocenters. The Morgan fingerprint density at radius 1 is 1.50 bits per heavy atom. The predicted molar refractivity (Wildman–Crippen MR) is 49.4 cm³/mol. The lowest BCUT2D eigenvalue weighted by Crippen LogP contribution is -2.47. The molecular weight excluding hydrogens is 182 g/mol. The van der Waals surface area contributed by atoms with E-state index in [1.165, 1.54) is 0 Å². The lowest BCUT2D eigenvalue weighted by Gasteiger charge is -2.38. The quantitative estimate of drug-likeness (QED) is 0.656. The maximum Gasteiger partial charge on any atom is 0.315 e. The van der Waals surface area contributed by atoms with E-state index in [-0.39, 0.29) is 5.91 Å². The Balaban J connectivity index is 2.36. The van der Waals surface area contributed by atoms with Crippen molar-refractivity contribution < 1.29 is 14.7 Å². The van der Waals surface area contributed by atoms with Crippen molar-refractivity contribution in [1.29, 1.82) is 0 Å². The number of fused-ring (bicyclic) bond motifs is 1. The molecule has 0 aromatic heterocycles. The fraction of sp³-hybridized carbons (Fsp3) is 0.600. The molecule has 4 nitrogen and oxygen atoms in total. The summed E-state index contributed by atoms with van der Waals surface area (Å²) < 4.78 is 0. The lowest BCUT2D eigenvalue weighted by atomic mass is 9.71. The van der Waals surface area contributed by atoms with Gasteiger partial charge in [0.25, 0.3) is 0 Å². The van der Waals surface area contributed by atoms with Crippen LogP contribution in [0.3, 0.4) is 0 Å². The molecule has 14 heavy (non-hydrogen) atoms. The van der Waals surface area contributed by atoms with Crippen LogP contribution in [0.25, 0.3) is 0 Å². The Morgan fingerprint density at radius 3 is 3.00 bits per heavy atom. The van der Waals surface area contributed by atoms with Gasteiger partial charge < -0.3 is 10.4 Å². The largest absolute Gasteiger partial charge is 0.481 e. The van der Waals surface area contributed by atoms with Crippen molar-refractivity contribution in [3.63, 3.8) is 0 Å². The highest BCUT2D eigenvalue weighted by Gasteiger charge is 2.46. The summed E-state index contributed by atoms with van der Waals surface area (Å²) in [5.74, 6) is -0.863. The first kappa shape index (κ1) is 9.24. The average Bonchev–Trinajstić information content (AvgIpc) is 2.17. The molecule has 76 valence electrons. The standard InChI is InChI=1S/C10H13NO3/c12-8-4-6-10(9(13)14)5-2-1-3-7(10)11-8/h3H,1-2,4-6H2,(H,11,12)(H,13,14)/t10-/m1/s1. The number of carboxylic acids is 1. The van der Waals surface area contributed by atoms with Gasteiger partial charge in [-0.15, -0.1) is 0 Å². The van der Waals surface area contributed by atoms with Gasteiger partial charge in [-0.25, -0.2) is 0 Å². The number of allylic oxidation sites excluding steroid dienone is 1. The molecule has 1 fully saturated rings. The van der Waals surface area contributed by atoms with Crippen LogP contribution < -0.4 is 5.32 Å². The summed E-state index contributed by atoms with van der Waals surface area (Å²) in [6.45, 7) is 0. The van der Waals surface area contributed by atoms with Gasteiger partial charge in [-0.3, -0.25) is 9.59 Å². The third-order valence-corrected chi connectivity index (χ3v) is 3.13. The highest BCUT2D eigenvalue weighted by Crippen LogP contribution is 2.42. The van der Waals surface area contributed by atoms with Gasteiger partial charge in [-0.2, -0.15) is 0 Å². The monoisotopic (exact) mass is 195 g/mol. The molecule has 1 amide bonds. The van der Waals surface area contributed by atoms with Crippen molar-refractivity contribution in [2.75, 3.05) is 0 Å². The van der Waals surface area contributed by atoms with E-state index in [1.54, 1.807) is 0 Å². The molecule has 4 heteroatoms. The molecule has 0 saturated carbocycles. The van der Waals surface area contributed by atoms with Crippen LogP contribution in [0.5, 0.6) is 0 Å². The van der Waals surface area contributed by atoms with Crippen molar-refractivity contribution in [2.24, 2.45) is 5.41 Å². The molecule has 0 aromatic rings. The molecule has 1 aliphatic heterocycles. The van der Waals surface area contributed by atoms with E-state index in [9.17, 15) is 14.7 Å². The van der Waals surface area contributed by atoms with Gasteiger partial charge >= 0.3 is 5.97 Å². The van der Waals surface area contributed by atoms with Crippen molar-refractivity contribution in [3.8, 4) is 0 Å². The molecular formula is C10H13NO3. The summed E-state index contributed by atoms with van der Waals surface area (Å²) in [6.07, 6.45) is 5.03. The molecule has 0 bridgehead atoms. The van der Waals surface area contributed by atoms with Crippen LogP contribution in [0.15, 0.2) is 11.8 Å². The minimum Gasteiger partial charge on any atom is -0.481 e. The van der Waals surface area contributed by atoms with Crippen LogP contribution in [0, 0.1) is 5.41 Å². The lowest BCUT2D eigenvalue weighted by molar-refractivity contribution is -0.149. The van der Waals surface area contributed by atoms with Crippen molar-refractivity contribution in [3.05, 3.63) is 11.8 Å². The third kappa shape index (κ3) is 1.22. The van der Waals surface area contributed by atoms with Crippen LogP contribution in [-0.4, -0.2) is 17.0 Å². The van der Waals surface area contributed by atoms with Gasteiger partial charge in [0.2, 0.25) is 5.91 Å². The summed E-state index contributed by atoms with van der Waals surface area (Å²) in [7, 11) is 0. The highest BCUT2D eigenvalue weighted by atomic mass is 16.4. The van der Waals surface area contributed by atoms with Crippen molar-refractivity contribution in [1.82, 2.24) is 5.32 Å². The van der Waals surface area contributed by atoms with Gasteiger partial charge in [-0.1, -0.05) is 6.08 Å². The Kier molecular flexibility index (Phi) is 2.06. The Labute approximate surface area is 82.0 Å². The first-order chi connectivity index (χ1) is 6.65. The van der Waals surface area contributed by atoms with Gasteiger partial charge in [-0.05, 0) is 25.7 Å². The van der Waals surface area contributed by atoms with Crippen LogP contribution >= 0.6 is 0 Å². The van der Waals surface area contributed by atoms with Crippen LogP contribution in [0.2, 0.25) is 0 Å². The molecule has 2 N–H and O–H groups in total. The molecule has 1 heterocycles. The fourth-order valence-electron chi connectivity index (χ4n) is 2.28. The zero-order valence-electron chi connectivity index (χ0n) is 7.88. The molecule has 1 saturated heterocycles. The van der Waals surface area contributed by atoms with Gasteiger partial charge in [0.05, 0.1) is 0 Å². The van der Waals surface area contributed by atoms with E-state index in [2.05, 4.69) is 5.32 Å². The second kappa shape index (κ2) is 3.12. The zero-order valence-corrected chi connectivity index (χ0v) is 7.88. The van der Waals surface area contributed by atoms with E-state index in [1.807, 2.05) is 6.08 Å². The fourth-order valence-corrected chi connectivity index (χ4v) is 2.28. The number of rotatable bonds is 1. The molecule has 0 radical (unpaired) electrons. The normalized spacial score (nSPS) is 31.4. The third-order valence-electron chi connectivity index (χ3n) is 3.13. The smallest absolute Gasteiger partial charge is 0.315 e. The topological polar surface area (TPSA) is 66.4 Å². The SMILES string of the molecule is O=C1CC[C@]2(C(=O)O)CCCC=C2N1. The summed E-state index contributed by atoms with van der Waals surface area (Å²) in [6, 6.07) is 0. The number of carboxylic acid groups (broad SMARTS) is 1. The molecule has 2 rings (SSSR count). The number of hydrogen-bond acceptors (Lipinski definition) is 2. The van der Waals surface area contributed by atoms with Crippen molar-refractivity contribution in [2.45, 2.75) is 32.1 Å². The number of hydrogen-bond donors (Lipinski definition) is 2. The van der Waals surface area contributed by atoms with Gasteiger partial charge in [0.15, 0.2) is 0 Å². The Hall–Kier alpha value is -1.32. The number of carbonyl (C=O) groups excluding carboxylic acids is 1. The minimum absolute atomic E-state index is 0.0602. The Morgan fingerprint density at radius 2 is 2.29 bits per heavy atom. The number of aliphatic carboxylic acids is 1. The summed E-state index contributed by atoms with van der Waals surface area (Å²) >= 11 is 0. The zero-order chi connectivity index (χ0) is 10.2. The van der Waals surface area contributed by atoms with E-state index in [0.29, 0.717) is 25.0 Å². The molecule has 0 spiro atoms. The van der Waals surface area contributed by atoms with Crippen LogP contribution in [0.4, 0.5) is 0 Å². The van der Waals surface area contributed by atoms with Crippen LogP contribution in [-0.2, 0) is 9.59 Å². The van der Waals surface area contributed by atoms with E-state index < -0.39 is 11.4 Å². The first-order valence-corrected chi connectivity index (χ1v) is 4.89. The number of carbonyl (C=O) groups is 2.